The van der Waals surface area contributed by atoms with E-state index in [1.54, 1.807) is 18.3 Å². The number of halogens is 3. The van der Waals surface area contributed by atoms with Crippen LogP contribution >= 0.6 is 57.6 Å². The highest BCUT2D eigenvalue weighted by Gasteiger charge is 2.11. The SMILES string of the molecule is Cl.O=C(CCN1CCOCC1)NN=Cc1cc(I)c(O)c(I)c1. The number of rotatable bonds is 5. The molecule has 0 atom stereocenters. The average molecular weight is 566 g/mol. The van der Waals surface area contributed by atoms with Crippen LogP contribution in [0.25, 0.3) is 0 Å². The third kappa shape index (κ3) is 7.08. The lowest BCUT2D eigenvalue weighted by Gasteiger charge is -2.25. The van der Waals surface area contributed by atoms with E-state index in [1.807, 2.05) is 0 Å². The molecule has 1 aliphatic heterocycles. The molecule has 128 valence electrons. The van der Waals surface area contributed by atoms with Gasteiger partial charge in [-0.1, -0.05) is 0 Å². The van der Waals surface area contributed by atoms with Crippen molar-refractivity contribution < 1.29 is 14.6 Å². The molecule has 0 unspecified atom stereocenters. The summed E-state index contributed by atoms with van der Waals surface area (Å²) in [5.74, 6) is 0.166. The van der Waals surface area contributed by atoms with Crippen molar-refractivity contribution in [2.75, 3.05) is 32.8 Å². The predicted molar refractivity (Wildman–Crippen MR) is 108 cm³/mol. The smallest absolute Gasteiger partial charge is 0.241 e. The van der Waals surface area contributed by atoms with Crippen LogP contribution in [0.15, 0.2) is 17.2 Å². The number of aromatic hydroxyl groups is 1. The Morgan fingerprint density at radius 2 is 1.96 bits per heavy atom. The predicted octanol–water partition coefficient (Wildman–Crippen LogP) is 2.20. The summed E-state index contributed by atoms with van der Waals surface area (Å²) in [4.78, 5) is 13.9. The maximum absolute atomic E-state index is 11.7. The number of amides is 1. The summed E-state index contributed by atoms with van der Waals surface area (Å²) < 4.78 is 6.77. The van der Waals surface area contributed by atoms with Crippen LogP contribution in [-0.4, -0.2) is 55.0 Å². The number of benzene rings is 1. The number of hydrogen-bond acceptors (Lipinski definition) is 5. The zero-order chi connectivity index (χ0) is 15.9. The van der Waals surface area contributed by atoms with Crippen molar-refractivity contribution in [2.45, 2.75) is 6.42 Å². The van der Waals surface area contributed by atoms with Crippen LogP contribution in [0.1, 0.15) is 12.0 Å². The largest absolute Gasteiger partial charge is 0.506 e. The van der Waals surface area contributed by atoms with Gasteiger partial charge in [-0.25, -0.2) is 5.43 Å². The van der Waals surface area contributed by atoms with Gasteiger partial charge in [0.25, 0.3) is 0 Å². The highest BCUT2D eigenvalue weighted by atomic mass is 127. The summed E-state index contributed by atoms with van der Waals surface area (Å²) in [6.07, 6.45) is 2.00. The lowest BCUT2D eigenvalue weighted by atomic mass is 10.2. The molecule has 1 aliphatic rings. The summed E-state index contributed by atoms with van der Waals surface area (Å²) in [6.45, 7) is 3.94. The Bertz CT molecular complexity index is 543. The molecule has 1 saturated heterocycles. The van der Waals surface area contributed by atoms with Gasteiger partial charge in [0.2, 0.25) is 5.91 Å². The quantitative estimate of drug-likeness (QED) is 0.326. The van der Waals surface area contributed by atoms with Crippen LogP contribution in [0.2, 0.25) is 0 Å². The maximum atomic E-state index is 11.7. The highest BCUT2D eigenvalue weighted by molar-refractivity contribution is 14.1. The Kier molecular flexibility index (Phi) is 9.66. The molecule has 2 N–H and O–H groups in total. The Morgan fingerprint density at radius 3 is 2.57 bits per heavy atom. The lowest BCUT2D eigenvalue weighted by molar-refractivity contribution is -0.121. The topological polar surface area (TPSA) is 74.2 Å². The number of hydrazone groups is 1. The van der Waals surface area contributed by atoms with E-state index in [4.69, 9.17) is 4.74 Å². The van der Waals surface area contributed by atoms with Crippen molar-refractivity contribution >= 4 is 69.7 Å². The molecule has 1 aromatic rings. The van der Waals surface area contributed by atoms with Crippen LogP contribution in [0, 0.1) is 7.14 Å². The Morgan fingerprint density at radius 1 is 1.35 bits per heavy atom. The van der Waals surface area contributed by atoms with Crippen LogP contribution < -0.4 is 5.43 Å². The molecule has 0 spiro atoms. The van der Waals surface area contributed by atoms with Gasteiger partial charge in [0.15, 0.2) is 0 Å². The molecular weight excluding hydrogens is 547 g/mol. The van der Waals surface area contributed by atoms with Gasteiger partial charge in [-0.05, 0) is 62.9 Å². The second-order valence-corrected chi connectivity index (χ2v) is 7.15. The van der Waals surface area contributed by atoms with E-state index in [2.05, 4.69) is 60.6 Å². The molecule has 0 saturated carbocycles. The van der Waals surface area contributed by atoms with Gasteiger partial charge in [0.05, 0.1) is 26.6 Å². The van der Waals surface area contributed by atoms with Gasteiger partial charge in [0, 0.05) is 26.1 Å². The lowest BCUT2D eigenvalue weighted by Crippen LogP contribution is -2.38. The zero-order valence-corrected chi connectivity index (χ0v) is 17.4. The monoisotopic (exact) mass is 565 g/mol. The first-order chi connectivity index (χ1) is 10.6. The standard InChI is InChI=1S/C14H17I2N3O3.ClH/c15-11-7-10(8-12(16)14(11)21)9-17-18-13(20)1-2-19-3-5-22-6-4-19;/h7-9,21H,1-6H2,(H,18,20);1H. The molecule has 1 aromatic carbocycles. The number of nitrogens with one attached hydrogen (secondary N) is 1. The van der Waals surface area contributed by atoms with Crippen LogP contribution in [0.5, 0.6) is 5.75 Å². The van der Waals surface area contributed by atoms with Crippen molar-refractivity contribution in [2.24, 2.45) is 5.10 Å². The minimum atomic E-state index is -0.106. The summed E-state index contributed by atoms with van der Waals surface area (Å²) in [6, 6.07) is 3.61. The number of ether oxygens (including phenoxy) is 1. The third-order valence-electron chi connectivity index (χ3n) is 3.20. The van der Waals surface area contributed by atoms with Crippen molar-refractivity contribution in [3.05, 3.63) is 24.8 Å². The first-order valence-electron chi connectivity index (χ1n) is 6.86. The van der Waals surface area contributed by atoms with E-state index in [0.29, 0.717) is 6.42 Å². The van der Waals surface area contributed by atoms with E-state index in [9.17, 15) is 9.90 Å². The van der Waals surface area contributed by atoms with Gasteiger partial charge in [-0.3, -0.25) is 9.69 Å². The molecule has 23 heavy (non-hydrogen) atoms. The van der Waals surface area contributed by atoms with E-state index < -0.39 is 0 Å². The molecule has 2 rings (SSSR count). The molecule has 0 bridgehead atoms. The molecule has 1 amide bonds. The minimum Gasteiger partial charge on any atom is -0.506 e. The number of nitrogens with zero attached hydrogens (tertiary/aromatic N) is 2. The number of carbonyl (C=O) groups is 1. The fourth-order valence-electron chi connectivity index (χ4n) is 1.98. The number of hydrogen-bond donors (Lipinski definition) is 2. The number of carbonyl (C=O) groups excluding carboxylic acids is 1. The third-order valence-corrected chi connectivity index (χ3v) is 4.85. The Labute approximate surface area is 168 Å². The molecule has 1 fully saturated rings. The van der Waals surface area contributed by atoms with E-state index in [1.165, 1.54) is 0 Å². The fourth-order valence-corrected chi connectivity index (χ4v) is 3.80. The average Bonchev–Trinajstić information content (AvgIpc) is 2.51. The number of phenolic OH excluding ortho intramolecular Hbond substituents is 1. The van der Waals surface area contributed by atoms with E-state index in [0.717, 1.165) is 45.6 Å². The Balaban J connectivity index is 0.00000264. The summed E-state index contributed by atoms with van der Waals surface area (Å²) >= 11 is 4.12. The van der Waals surface area contributed by atoms with Gasteiger partial charge < -0.3 is 9.84 Å². The van der Waals surface area contributed by atoms with Crippen LogP contribution in [0.4, 0.5) is 0 Å². The van der Waals surface area contributed by atoms with Gasteiger partial charge in [0.1, 0.15) is 5.75 Å². The molecule has 1 heterocycles. The summed E-state index contributed by atoms with van der Waals surface area (Å²) in [5.41, 5.74) is 3.36. The Hall–Kier alpha value is -0.170. The van der Waals surface area contributed by atoms with E-state index in [-0.39, 0.29) is 24.1 Å². The van der Waals surface area contributed by atoms with E-state index >= 15 is 0 Å². The molecule has 0 aromatic heterocycles. The molecule has 0 radical (unpaired) electrons. The molecular formula is C14H18ClI2N3O3. The first kappa shape index (κ1) is 20.9. The maximum Gasteiger partial charge on any atom is 0.241 e. The van der Waals surface area contributed by atoms with Crippen molar-refractivity contribution in [3.8, 4) is 5.75 Å². The second kappa shape index (κ2) is 10.6. The van der Waals surface area contributed by atoms with Crippen molar-refractivity contribution in [1.82, 2.24) is 10.3 Å². The van der Waals surface area contributed by atoms with Crippen molar-refractivity contribution in [3.63, 3.8) is 0 Å². The second-order valence-electron chi connectivity index (χ2n) is 4.83. The van der Waals surface area contributed by atoms with Crippen molar-refractivity contribution in [1.29, 1.82) is 0 Å². The molecule has 0 aliphatic carbocycles. The highest BCUT2D eigenvalue weighted by Crippen LogP contribution is 2.26. The first-order valence-corrected chi connectivity index (χ1v) is 9.02. The van der Waals surface area contributed by atoms with Crippen LogP contribution in [0.3, 0.4) is 0 Å². The van der Waals surface area contributed by atoms with Gasteiger partial charge in [-0.15, -0.1) is 12.4 Å². The fraction of sp³-hybridized carbons (Fsp3) is 0.429. The number of morpholine rings is 1. The molecule has 6 nitrogen and oxygen atoms in total. The minimum absolute atomic E-state index is 0. The summed E-state index contributed by atoms with van der Waals surface area (Å²) in [7, 11) is 0. The zero-order valence-electron chi connectivity index (χ0n) is 12.3. The summed E-state index contributed by atoms with van der Waals surface area (Å²) in [5, 5.41) is 13.7. The van der Waals surface area contributed by atoms with Crippen LogP contribution in [-0.2, 0) is 9.53 Å². The van der Waals surface area contributed by atoms with Gasteiger partial charge >= 0.3 is 0 Å². The number of phenols is 1. The molecule has 9 heteroatoms. The normalized spacial score (nSPS) is 15.4. The van der Waals surface area contributed by atoms with Gasteiger partial charge in [-0.2, -0.15) is 5.10 Å².